The van der Waals surface area contributed by atoms with Crippen LogP contribution in [-0.2, 0) is 4.79 Å². The van der Waals surface area contributed by atoms with Gasteiger partial charge in [0, 0.05) is 24.9 Å². The molecule has 2 atom stereocenters. The Kier molecular flexibility index (Phi) is 6.41. The molecule has 1 saturated heterocycles. The summed E-state index contributed by atoms with van der Waals surface area (Å²) in [5.41, 5.74) is 5.72. The highest BCUT2D eigenvalue weighted by molar-refractivity contribution is 5.85. The maximum absolute atomic E-state index is 12.1. The SMILES string of the molecule is C[C@@H](N)C(=O)N1CCCC(c2n[nH]c(C3CCCCC3)n2)C1.Cl. The van der Waals surface area contributed by atoms with Crippen LogP contribution in [0.1, 0.15) is 75.4 Å². The van der Waals surface area contributed by atoms with Crippen molar-refractivity contribution in [2.45, 2.75) is 69.7 Å². The average molecular weight is 342 g/mol. The molecule has 2 heterocycles. The Hall–Kier alpha value is -1.14. The zero-order chi connectivity index (χ0) is 15.5. The third-order valence-electron chi connectivity index (χ3n) is 5.00. The molecule has 7 heteroatoms. The third kappa shape index (κ3) is 4.23. The van der Waals surface area contributed by atoms with E-state index in [9.17, 15) is 4.79 Å². The number of nitrogens with two attached hydrogens (primary N) is 1. The van der Waals surface area contributed by atoms with Gasteiger partial charge in [0.15, 0.2) is 5.82 Å². The number of carbonyl (C=O) groups excluding carboxylic acids is 1. The van der Waals surface area contributed by atoms with Crippen molar-refractivity contribution >= 4 is 18.3 Å². The van der Waals surface area contributed by atoms with E-state index in [2.05, 4.69) is 10.2 Å². The molecule has 0 aromatic carbocycles. The number of H-pyrrole nitrogens is 1. The van der Waals surface area contributed by atoms with Crippen molar-refractivity contribution < 1.29 is 4.79 Å². The predicted octanol–water partition coefficient (Wildman–Crippen LogP) is 2.33. The van der Waals surface area contributed by atoms with Crippen LogP contribution in [0.2, 0.25) is 0 Å². The topological polar surface area (TPSA) is 87.9 Å². The first kappa shape index (κ1) is 18.2. The van der Waals surface area contributed by atoms with Crippen LogP contribution >= 0.6 is 12.4 Å². The number of aromatic amines is 1. The number of carbonyl (C=O) groups is 1. The van der Waals surface area contributed by atoms with Gasteiger partial charge in [-0.3, -0.25) is 9.89 Å². The molecule has 1 saturated carbocycles. The summed E-state index contributed by atoms with van der Waals surface area (Å²) in [5.74, 6) is 2.74. The summed E-state index contributed by atoms with van der Waals surface area (Å²) in [4.78, 5) is 18.7. The van der Waals surface area contributed by atoms with E-state index in [1.165, 1.54) is 32.1 Å². The van der Waals surface area contributed by atoms with Crippen molar-refractivity contribution in [3.8, 4) is 0 Å². The molecule has 1 aromatic heterocycles. The summed E-state index contributed by atoms with van der Waals surface area (Å²) in [5, 5.41) is 7.60. The summed E-state index contributed by atoms with van der Waals surface area (Å²) in [6.45, 7) is 3.25. The maximum Gasteiger partial charge on any atom is 0.239 e. The number of nitrogens with one attached hydrogen (secondary N) is 1. The van der Waals surface area contributed by atoms with E-state index in [0.717, 1.165) is 31.0 Å². The number of likely N-dealkylation sites (tertiary alicyclic amines) is 1. The Bertz CT molecular complexity index is 512. The predicted molar refractivity (Wildman–Crippen MR) is 91.7 cm³/mol. The fourth-order valence-electron chi connectivity index (χ4n) is 3.71. The first-order valence-corrected chi connectivity index (χ1v) is 8.61. The number of amides is 1. The molecule has 0 radical (unpaired) electrons. The molecule has 1 aliphatic carbocycles. The Morgan fingerprint density at radius 3 is 2.61 bits per heavy atom. The molecule has 0 bridgehead atoms. The quantitative estimate of drug-likeness (QED) is 0.883. The molecule has 1 unspecified atom stereocenters. The van der Waals surface area contributed by atoms with Gasteiger partial charge < -0.3 is 10.6 Å². The first-order valence-electron chi connectivity index (χ1n) is 8.61. The van der Waals surface area contributed by atoms with Crippen molar-refractivity contribution in [1.82, 2.24) is 20.1 Å². The standard InChI is InChI=1S/C16H27N5O.ClH/c1-11(17)16(22)21-9-5-8-13(10-21)15-18-14(19-20-15)12-6-3-2-4-7-12;/h11-13H,2-10,17H2,1H3,(H,18,19,20);1H/t11-,13?;/m1./s1. The van der Waals surface area contributed by atoms with E-state index in [4.69, 9.17) is 10.7 Å². The lowest BCUT2D eigenvalue weighted by atomic mass is 9.89. The van der Waals surface area contributed by atoms with Gasteiger partial charge in [-0.25, -0.2) is 4.98 Å². The van der Waals surface area contributed by atoms with Crippen LogP contribution in [0, 0.1) is 0 Å². The number of nitrogens with zero attached hydrogens (tertiary/aromatic N) is 3. The molecule has 2 aliphatic rings. The van der Waals surface area contributed by atoms with Gasteiger partial charge in [-0.2, -0.15) is 5.10 Å². The van der Waals surface area contributed by atoms with Crippen LogP contribution < -0.4 is 5.73 Å². The molecular weight excluding hydrogens is 314 g/mol. The van der Waals surface area contributed by atoms with Crippen molar-refractivity contribution in [2.24, 2.45) is 5.73 Å². The van der Waals surface area contributed by atoms with Crippen LogP contribution in [-0.4, -0.2) is 45.1 Å². The lowest BCUT2D eigenvalue weighted by Gasteiger charge is -2.32. The van der Waals surface area contributed by atoms with Gasteiger partial charge in [0.25, 0.3) is 0 Å². The van der Waals surface area contributed by atoms with Crippen LogP contribution in [0.4, 0.5) is 0 Å². The van der Waals surface area contributed by atoms with E-state index in [1.807, 2.05) is 4.90 Å². The van der Waals surface area contributed by atoms with Crippen molar-refractivity contribution in [1.29, 1.82) is 0 Å². The van der Waals surface area contributed by atoms with E-state index in [-0.39, 0.29) is 24.2 Å². The second-order valence-corrected chi connectivity index (χ2v) is 6.83. The summed E-state index contributed by atoms with van der Waals surface area (Å²) >= 11 is 0. The lowest BCUT2D eigenvalue weighted by Crippen LogP contribution is -2.46. The minimum atomic E-state index is -0.427. The monoisotopic (exact) mass is 341 g/mol. The highest BCUT2D eigenvalue weighted by Crippen LogP contribution is 2.32. The highest BCUT2D eigenvalue weighted by Gasteiger charge is 2.29. The lowest BCUT2D eigenvalue weighted by molar-refractivity contribution is -0.133. The highest BCUT2D eigenvalue weighted by atomic mass is 35.5. The second kappa shape index (κ2) is 8.11. The van der Waals surface area contributed by atoms with Crippen molar-refractivity contribution in [3.05, 3.63) is 11.6 Å². The molecule has 130 valence electrons. The fraction of sp³-hybridized carbons (Fsp3) is 0.812. The van der Waals surface area contributed by atoms with Gasteiger partial charge in [0.05, 0.1) is 6.04 Å². The van der Waals surface area contributed by atoms with Gasteiger partial charge in [0.2, 0.25) is 5.91 Å². The van der Waals surface area contributed by atoms with Crippen molar-refractivity contribution in [2.75, 3.05) is 13.1 Å². The molecule has 1 aliphatic heterocycles. The van der Waals surface area contributed by atoms with Gasteiger partial charge >= 0.3 is 0 Å². The Morgan fingerprint density at radius 1 is 1.22 bits per heavy atom. The van der Waals surface area contributed by atoms with Gasteiger partial charge in [-0.15, -0.1) is 12.4 Å². The van der Waals surface area contributed by atoms with E-state index in [1.54, 1.807) is 6.92 Å². The summed E-state index contributed by atoms with van der Waals surface area (Å²) < 4.78 is 0. The number of rotatable bonds is 3. The maximum atomic E-state index is 12.1. The Morgan fingerprint density at radius 2 is 1.91 bits per heavy atom. The van der Waals surface area contributed by atoms with Crippen LogP contribution in [0.25, 0.3) is 0 Å². The normalized spacial score (nSPS) is 24.1. The second-order valence-electron chi connectivity index (χ2n) is 6.83. The summed E-state index contributed by atoms with van der Waals surface area (Å²) in [6.07, 6.45) is 8.40. The number of halogens is 1. The Balaban J connectivity index is 0.00000192. The minimum Gasteiger partial charge on any atom is -0.341 e. The van der Waals surface area contributed by atoms with Gasteiger partial charge in [0.1, 0.15) is 5.82 Å². The minimum absolute atomic E-state index is 0. The molecule has 3 rings (SSSR count). The average Bonchev–Trinajstić information content (AvgIpc) is 3.05. The molecule has 6 nitrogen and oxygen atoms in total. The molecule has 3 N–H and O–H groups in total. The van der Waals surface area contributed by atoms with Gasteiger partial charge in [-0.1, -0.05) is 19.3 Å². The smallest absolute Gasteiger partial charge is 0.239 e. The molecule has 23 heavy (non-hydrogen) atoms. The Labute approximate surface area is 144 Å². The summed E-state index contributed by atoms with van der Waals surface area (Å²) in [6, 6.07) is -0.427. The zero-order valence-corrected chi connectivity index (χ0v) is 14.6. The number of hydrogen-bond donors (Lipinski definition) is 2. The van der Waals surface area contributed by atoms with E-state index in [0.29, 0.717) is 12.5 Å². The number of aromatic nitrogens is 3. The van der Waals surface area contributed by atoms with E-state index >= 15 is 0 Å². The van der Waals surface area contributed by atoms with Crippen LogP contribution in [0.15, 0.2) is 0 Å². The van der Waals surface area contributed by atoms with Gasteiger partial charge in [-0.05, 0) is 32.6 Å². The summed E-state index contributed by atoms with van der Waals surface area (Å²) in [7, 11) is 0. The molecule has 1 amide bonds. The third-order valence-corrected chi connectivity index (χ3v) is 5.00. The number of piperidine rings is 1. The van der Waals surface area contributed by atoms with Crippen LogP contribution in [0.5, 0.6) is 0 Å². The molecule has 1 aromatic rings. The molecule has 0 spiro atoms. The van der Waals surface area contributed by atoms with Crippen LogP contribution in [0.3, 0.4) is 0 Å². The van der Waals surface area contributed by atoms with Crippen molar-refractivity contribution in [3.63, 3.8) is 0 Å². The molecule has 2 fully saturated rings. The van der Waals surface area contributed by atoms with E-state index < -0.39 is 6.04 Å². The fourth-order valence-corrected chi connectivity index (χ4v) is 3.71. The number of hydrogen-bond acceptors (Lipinski definition) is 4. The first-order chi connectivity index (χ1) is 10.6. The molecular formula is C16H28ClN5O. The zero-order valence-electron chi connectivity index (χ0n) is 13.8. The largest absolute Gasteiger partial charge is 0.341 e.